The van der Waals surface area contributed by atoms with E-state index in [0.29, 0.717) is 12.1 Å². The Morgan fingerprint density at radius 2 is 1.96 bits per heavy atom. The van der Waals surface area contributed by atoms with Crippen molar-refractivity contribution in [3.63, 3.8) is 0 Å². The van der Waals surface area contributed by atoms with Crippen LogP contribution in [0.1, 0.15) is 5.56 Å². The van der Waals surface area contributed by atoms with Crippen LogP contribution < -0.4 is 11.1 Å². The average molecular weight is 309 g/mol. The largest absolute Gasteiger partial charge is 0.325 e. The van der Waals surface area contributed by atoms with Crippen LogP contribution in [0, 0.1) is 5.82 Å². The minimum atomic E-state index is -0.704. The summed E-state index contributed by atoms with van der Waals surface area (Å²) in [7, 11) is 0. The number of halogens is 1. The number of carbonyl (C=O) groups is 1. The van der Waals surface area contributed by atoms with Crippen molar-refractivity contribution >= 4 is 22.5 Å². The van der Waals surface area contributed by atoms with Crippen LogP contribution in [0.15, 0.2) is 60.8 Å². The fourth-order valence-corrected chi connectivity index (χ4v) is 2.36. The minimum absolute atomic E-state index is 0.280. The van der Waals surface area contributed by atoms with E-state index in [-0.39, 0.29) is 11.7 Å². The summed E-state index contributed by atoms with van der Waals surface area (Å²) in [5, 5.41) is 3.74. The normalized spacial score (nSPS) is 12.1. The van der Waals surface area contributed by atoms with E-state index >= 15 is 0 Å². The van der Waals surface area contributed by atoms with Crippen molar-refractivity contribution in [1.29, 1.82) is 0 Å². The second-order valence-electron chi connectivity index (χ2n) is 5.34. The molecule has 0 radical (unpaired) electrons. The van der Waals surface area contributed by atoms with Crippen LogP contribution in [0.5, 0.6) is 0 Å². The predicted molar refractivity (Wildman–Crippen MR) is 88.5 cm³/mol. The molecule has 3 N–H and O–H groups in total. The quantitative estimate of drug-likeness (QED) is 0.778. The van der Waals surface area contributed by atoms with Gasteiger partial charge in [-0.3, -0.25) is 9.78 Å². The van der Waals surface area contributed by atoms with Crippen LogP contribution in [0.3, 0.4) is 0 Å². The van der Waals surface area contributed by atoms with E-state index in [1.54, 1.807) is 24.4 Å². The number of hydrogen-bond donors (Lipinski definition) is 2. The van der Waals surface area contributed by atoms with Gasteiger partial charge in [0.1, 0.15) is 5.82 Å². The Morgan fingerprint density at radius 1 is 1.17 bits per heavy atom. The van der Waals surface area contributed by atoms with Crippen LogP contribution in [0.4, 0.5) is 10.1 Å². The van der Waals surface area contributed by atoms with Crippen molar-refractivity contribution in [2.45, 2.75) is 12.5 Å². The molecule has 0 aliphatic carbocycles. The number of hydrogen-bond acceptors (Lipinski definition) is 3. The first-order valence-corrected chi connectivity index (χ1v) is 7.27. The second-order valence-corrected chi connectivity index (χ2v) is 5.34. The molecule has 0 aliphatic heterocycles. The Morgan fingerprint density at radius 3 is 2.74 bits per heavy atom. The third-order valence-electron chi connectivity index (χ3n) is 3.58. The Balaban J connectivity index is 1.68. The number of fused-ring (bicyclic) bond motifs is 1. The number of nitrogens with two attached hydrogens (primary N) is 1. The smallest absolute Gasteiger partial charge is 0.241 e. The Bertz CT molecular complexity index is 833. The van der Waals surface area contributed by atoms with E-state index in [0.717, 1.165) is 16.5 Å². The number of aromatic nitrogens is 1. The fourth-order valence-electron chi connectivity index (χ4n) is 2.36. The number of amides is 1. The van der Waals surface area contributed by atoms with Crippen LogP contribution in [0.25, 0.3) is 10.9 Å². The Labute approximate surface area is 133 Å². The van der Waals surface area contributed by atoms with Crippen molar-refractivity contribution in [3.05, 3.63) is 72.2 Å². The number of carbonyl (C=O) groups excluding carboxylic acids is 1. The van der Waals surface area contributed by atoms with Crippen LogP contribution in [-0.4, -0.2) is 16.9 Å². The average Bonchev–Trinajstić information content (AvgIpc) is 2.56. The molecular weight excluding hydrogens is 293 g/mol. The molecule has 5 heteroatoms. The molecule has 116 valence electrons. The third kappa shape index (κ3) is 3.70. The molecule has 1 amide bonds. The molecule has 0 fully saturated rings. The van der Waals surface area contributed by atoms with E-state index < -0.39 is 6.04 Å². The van der Waals surface area contributed by atoms with Crippen molar-refractivity contribution in [2.24, 2.45) is 5.73 Å². The van der Waals surface area contributed by atoms with Gasteiger partial charge in [-0.25, -0.2) is 4.39 Å². The molecule has 3 aromatic rings. The van der Waals surface area contributed by atoms with Crippen LogP contribution >= 0.6 is 0 Å². The van der Waals surface area contributed by atoms with Gasteiger partial charge >= 0.3 is 0 Å². The molecule has 23 heavy (non-hydrogen) atoms. The van der Waals surface area contributed by atoms with E-state index in [9.17, 15) is 9.18 Å². The van der Waals surface area contributed by atoms with Gasteiger partial charge in [0.15, 0.2) is 0 Å². The number of nitrogens with zero attached hydrogens (tertiary/aromatic N) is 1. The van der Waals surface area contributed by atoms with Crippen LogP contribution in [-0.2, 0) is 11.2 Å². The number of anilines is 1. The minimum Gasteiger partial charge on any atom is -0.325 e. The van der Waals surface area contributed by atoms with Crippen molar-refractivity contribution in [1.82, 2.24) is 4.98 Å². The highest BCUT2D eigenvalue weighted by Crippen LogP contribution is 2.17. The van der Waals surface area contributed by atoms with Crippen molar-refractivity contribution in [3.8, 4) is 0 Å². The summed E-state index contributed by atoms with van der Waals surface area (Å²) in [5.41, 5.74) is 8.28. The molecule has 1 atom stereocenters. The highest BCUT2D eigenvalue weighted by molar-refractivity contribution is 5.96. The van der Waals surface area contributed by atoms with E-state index in [4.69, 9.17) is 5.73 Å². The Kier molecular flexibility index (Phi) is 4.30. The summed E-state index contributed by atoms with van der Waals surface area (Å²) >= 11 is 0. The molecule has 0 saturated heterocycles. The van der Waals surface area contributed by atoms with E-state index in [2.05, 4.69) is 10.3 Å². The molecule has 0 unspecified atom stereocenters. The lowest BCUT2D eigenvalue weighted by atomic mass is 10.1. The molecular formula is C18H16FN3O. The molecule has 0 spiro atoms. The van der Waals surface area contributed by atoms with Gasteiger partial charge < -0.3 is 11.1 Å². The van der Waals surface area contributed by atoms with Gasteiger partial charge in [-0.2, -0.15) is 0 Å². The van der Waals surface area contributed by atoms with Gasteiger partial charge in [-0.1, -0.05) is 18.2 Å². The first-order chi connectivity index (χ1) is 11.1. The lowest BCUT2D eigenvalue weighted by Crippen LogP contribution is -2.37. The first kappa shape index (κ1) is 15.1. The zero-order valence-electron chi connectivity index (χ0n) is 12.4. The maximum atomic E-state index is 12.9. The number of pyridine rings is 1. The predicted octanol–water partition coefficient (Wildman–Crippen LogP) is 2.88. The summed E-state index contributed by atoms with van der Waals surface area (Å²) in [4.78, 5) is 16.4. The highest BCUT2D eigenvalue weighted by Gasteiger charge is 2.14. The van der Waals surface area contributed by atoms with Crippen LogP contribution in [0.2, 0.25) is 0 Å². The topological polar surface area (TPSA) is 68.0 Å². The SMILES string of the molecule is N[C@H](Cc1ccc(F)cc1)C(=O)Nc1ccc2ncccc2c1. The highest BCUT2D eigenvalue weighted by atomic mass is 19.1. The standard InChI is InChI=1S/C18H16FN3O/c19-14-5-3-12(4-6-14)10-16(20)18(23)22-15-7-8-17-13(11-15)2-1-9-21-17/h1-9,11,16H,10,20H2,(H,22,23)/t16-/m1/s1. The van der Waals surface area contributed by atoms with Gasteiger partial charge in [0.2, 0.25) is 5.91 Å². The molecule has 0 bridgehead atoms. The molecule has 1 aromatic heterocycles. The van der Waals surface area contributed by atoms with Gasteiger partial charge in [0.25, 0.3) is 0 Å². The second kappa shape index (κ2) is 6.54. The summed E-state index contributed by atoms with van der Waals surface area (Å²) in [6, 6.07) is 14.5. The van der Waals surface area contributed by atoms with Gasteiger partial charge in [0, 0.05) is 17.3 Å². The van der Waals surface area contributed by atoms with Gasteiger partial charge in [0.05, 0.1) is 11.6 Å². The summed E-state index contributed by atoms with van der Waals surface area (Å²) in [6.45, 7) is 0. The lowest BCUT2D eigenvalue weighted by molar-refractivity contribution is -0.117. The first-order valence-electron chi connectivity index (χ1n) is 7.27. The van der Waals surface area contributed by atoms with Gasteiger partial charge in [-0.05, 0) is 48.4 Å². The molecule has 0 aliphatic rings. The fraction of sp³-hybridized carbons (Fsp3) is 0.111. The maximum absolute atomic E-state index is 12.9. The summed E-state index contributed by atoms with van der Waals surface area (Å²) in [6.07, 6.45) is 2.07. The third-order valence-corrected chi connectivity index (χ3v) is 3.58. The molecule has 1 heterocycles. The molecule has 4 nitrogen and oxygen atoms in total. The molecule has 0 saturated carbocycles. The monoisotopic (exact) mass is 309 g/mol. The zero-order chi connectivity index (χ0) is 16.2. The number of benzene rings is 2. The van der Waals surface area contributed by atoms with Crippen molar-refractivity contribution in [2.75, 3.05) is 5.32 Å². The molecule has 2 aromatic carbocycles. The summed E-state index contributed by atoms with van der Waals surface area (Å²) in [5.74, 6) is -0.589. The van der Waals surface area contributed by atoms with Crippen molar-refractivity contribution < 1.29 is 9.18 Å². The van der Waals surface area contributed by atoms with Gasteiger partial charge in [-0.15, -0.1) is 0 Å². The van der Waals surface area contributed by atoms with E-state index in [1.165, 1.54) is 12.1 Å². The zero-order valence-corrected chi connectivity index (χ0v) is 12.4. The lowest BCUT2D eigenvalue weighted by Gasteiger charge is -2.13. The number of nitrogens with one attached hydrogen (secondary N) is 1. The Hall–Kier alpha value is -2.79. The molecule has 3 rings (SSSR count). The summed E-state index contributed by atoms with van der Waals surface area (Å²) < 4.78 is 12.9. The number of rotatable bonds is 4. The maximum Gasteiger partial charge on any atom is 0.241 e. The van der Waals surface area contributed by atoms with E-state index in [1.807, 2.05) is 24.3 Å².